The van der Waals surface area contributed by atoms with Gasteiger partial charge in [0.15, 0.2) is 0 Å². The second-order valence-corrected chi connectivity index (χ2v) is 6.67. The molecule has 0 amide bonds. The highest BCUT2D eigenvalue weighted by molar-refractivity contribution is 5.20. The Balaban J connectivity index is 1.76. The highest BCUT2D eigenvalue weighted by Crippen LogP contribution is 2.38. The molecule has 0 bridgehead atoms. The van der Waals surface area contributed by atoms with E-state index < -0.39 is 0 Å². The van der Waals surface area contributed by atoms with Crippen LogP contribution in [0.1, 0.15) is 44.6 Å². The fourth-order valence-corrected chi connectivity index (χ4v) is 3.77. The molecule has 1 aliphatic heterocycles. The van der Waals surface area contributed by atoms with Crippen molar-refractivity contribution in [1.82, 2.24) is 5.32 Å². The van der Waals surface area contributed by atoms with Crippen molar-refractivity contribution in [3.63, 3.8) is 0 Å². The number of morpholine rings is 1. The van der Waals surface area contributed by atoms with Crippen LogP contribution in [-0.2, 0) is 11.2 Å². The van der Waals surface area contributed by atoms with Crippen LogP contribution in [0.3, 0.4) is 0 Å². The molecule has 1 saturated heterocycles. The molecule has 110 valence electrons. The Kier molecular flexibility index (Phi) is 3.83. The average Bonchev–Trinajstić information content (AvgIpc) is 2.42. The van der Waals surface area contributed by atoms with Crippen molar-refractivity contribution in [3.8, 4) is 0 Å². The highest BCUT2D eigenvalue weighted by Gasteiger charge is 2.43. The zero-order valence-electron chi connectivity index (χ0n) is 12.3. The monoisotopic (exact) mass is 277 g/mol. The van der Waals surface area contributed by atoms with E-state index in [9.17, 15) is 4.39 Å². The molecule has 1 atom stereocenters. The molecule has 3 rings (SSSR count). The highest BCUT2D eigenvalue weighted by atomic mass is 19.1. The second-order valence-electron chi connectivity index (χ2n) is 6.67. The van der Waals surface area contributed by atoms with Crippen LogP contribution >= 0.6 is 0 Å². The molecule has 1 heterocycles. The lowest BCUT2D eigenvalue weighted by Crippen LogP contribution is -2.60. The molecule has 20 heavy (non-hydrogen) atoms. The number of nitrogens with one attached hydrogen (secondary N) is 1. The molecule has 2 fully saturated rings. The summed E-state index contributed by atoms with van der Waals surface area (Å²) in [5, 5.41) is 3.53. The first-order valence-electron chi connectivity index (χ1n) is 7.75. The molecule has 1 aromatic carbocycles. The summed E-state index contributed by atoms with van der Waals surface area (Å²) in [5.74, 6) is -0.124. The predicted octanol–water partition coefficient (Wildman–Crippen LogP) is 3.45. The first-order chi connectivity index (χ1) is 9.61. The lowest BCUT2D eigenvalue weighted by molar-refractivity contribution is -0.183. The minimum absolute atomic E-state index is 0.0174. The lowest BCUT2D eigenvalue weighted by Gasteiger charge is -2.49. The Morgan fingerprint density at radius 3 is 2.65 bits per heavy atom. The Bertz CT molecular complexity index is 464. The maximum absolute atomic E-state index is 13.9. The smallest absolute Gasteiger partial charge is 0.126 e. The fourth-order valence-electron chi connectivity index (χ4n) is 3.77. The third-order valence-electron chi connectivity index (χ3n) is 4.70. The minimum Gasteiger partial charge on any atom is -0.366 e. The Morgan fingerprint density at radius 2 is 1.90 bits per heavy atom. The first kappa shape index (κ1) is 14.0. The van der Waals surface area contributed by atoms with Gasteiger partial charge in [-0.25, -0.2) is 4.39 Å². The van der Waals surface area contributed by atoms with Gasteiger partial charge >= 0.3 is 0 Å². The molecular formula is C17H24FNO. The first-order valence-corrected chi connectivity index (χ1v) is 7.75. The standard InChI is InChI=1S/C17H24FNO/c1-16(11-14-7-3-4-8-15(14)18)12-19-13-17(20-16)9-5-2-6-10-17/h3-4,7-8,19H,2,5-6,9-13H2,1H3. The van der Waals surface area contributed by atoms with Crippen LogP contribution in [0.5, 0.6) is 0 Å². The molecule has 1 spiro atoms. The van der Waals surface area contributed by atoms with Gasteiger partial charge in [0, 0.05) is 19.5 Å². The Labute approximate surface area is 120 Å². The molecule has 2 nitrogen and oxygen atoms in total. The molecule has 1 saturated carbocycles. The van der Waals surface area contributed by atoms with Gasteiger partial charge in [-0.3, -0.25) is 0 Å². The number of hydrogen-bond donors (Lipinski definition) is 1. The fraction of sp³-hybridized carbons (Fsp3) is 0.647. The topological polar surface area (TPSA) is 21.3 Å². The maximum Gasteiger partial charge on any atom is 0.126 e. The third-order valence-corrected chi connectivity index (χ3v) is 4.70. The minimum atomic E-state index is -0.308. The van der Waals surface area contributed by atoms with Crippen LogP contribution in [0.25, 0.3) is 0 Å². The number of halogens is 1. The van der Waals surface area contributed by atoms with E-state index in [2.05, 4.69) is 12.2 Å². The molecule has 2 aliphatic rings. The molecule has 1 aliphatic carbocycles. The molecule has 1 N–H and O–H groups in total. The summed E-state index contributed by atoms with van der Waals surface area (Å²) in [6.07, 6.45) is 6.71. The summed E-state index contributed by atoms with van der Waals surface area (Å²) >= 11 is 0. The van der Waals surface area contributed by atoms with Crippen LogP contribution in [0, 0.1) is 5.82 Å². The number of ether oxygens (including phenoxy) is 1. The zero-order chi connectivity index (χ0) is 14.1. The number of benzene rings is 1. The Morgan fingerprint density at radius 1 is 1.15 bits per heavy atom. The van der Waals surface area contributed by atoms with Crippen LogP contribution in [0.15, 0.2) is 24.3 Å². The van der Waals surface area contributed by atoms with Crippen LogP contribution in [0.2, 0.25) is 0 Å². The van der Waals surface area contributed by atoms with E-state index in [1.54, 1.807) is 6.07 Å². The summed E-state index contributed by atoms with van der Waals surface area (Å²) in [6, 6.07) is 7.04. The van der Waals surface area contributed by atoms with Gasteiger partial charge in [0.2, 0.25) is 0 Å². The van der Waals surface area contributed by atoms with Gasteiger partial charge in [-0.15, -0.1) is 0 Å². The summed E-state index contributed by atoms with van der Waals surface area (Å²) in [5.41, 5.74) is 0.429. The van der Waals surface area contributed by atoms with Crippen molar-refractivity contribution >= 4 is 0 Å². The average molecular weight is 277 g/mol. The van der Waals surface area contributed by atoms with Crippen LogP contribution < -0.4 is 5.32 Å². The Hall–Kier alpha value is -0.930. The van der Waals surface area contributed by atoms with Crippen LogP contribution in [-0.4, -0.2) is 24.3 Å². The van der Waals surface area contributed by atoms with Gasteiger partial charge < -0.3 is 10.1 Å². The molecular weight excluding hydrogens is 253 g/mol. The van der Waals surface area contributed by atoms with Gasteiger partial charge in [0.25, 0.3) is 0 Å². The van der Waals surface area contributed by atoms with Gasteiger partial charge in [-0.2, -0.15) is 0 Å². The van der Waals surface area contributed by atoms with E-state index in [1.807, 2.05) is 12.1 Å². The van der Waals surface area contributed by atoms with Crippen LogP contribution in [0.4, 0.5) is 4.39 Å². The van der Waals surface area contributed by atoms with Gasteiger partial charge in [0.05, 0.1) is 11.2 Å². The molecule has 0 radical (unpaired) electrons. The van der Waals surface area contributed by atoms with Gasteiger partial charge in [-0.1, -0.05) is 37.5 Å². The molecule has 3 heteroatoms. The third kappa shape index (κ3) is 2.89. The van der Waals surface area contributed by atoms with Crippen molar-refractivity contribution in [3.05, 3.63) is 35.6 Å². The van der Waals surface area contributed by atoms with Crippen molar-refractivity contribution in [1.29, 1.82) is 0 Å². The van der Waals surface area contributed by atoms with E-state index in [1.165, 1.54) is 25.3 Å². The van der Waals surface area contributed by atoms with Crippen molar-refractivity contribution < 1.29 is 9.13 Å². The quantitative estimate of drug-likeness (QED) is 0.894. The number of rotatable bonds is 2. The summed E-state index contributed by atoms with van der Waals surface area (Å²) in [7, 11) is 0. The van der Waals surface area contributed by atoms with Gasteiger partial charge in [0.1, 0.15) is 5.82 Å². The van der Waals surface area contributed by atoms with Crippen molar-refractivity contribution in [2.45, 2.75) is 56.7 Å². The molecule has 1 unspecified atom stereocenters. The van der Waals surface area contributed by atoms with Gasteiger partial charge in [-0.05, 0) is 31.4 Å². The maximum atomic E-state index is 13.9. The largest absolute Gasteiger partial charge is 0.366 e. The SMILES string of the molecule is CC1(Cc2ccccc2F)CNCC2(CCCCC2)O1. The summed E-state index contributed by atoms with van der Waals surface area (Å²) in [6.45, 7) is 3.85. The zero-order valence-corrected chi connectivity index (χ0v) is 12.3. The predicted molar refractivity (Wildman–Crippen MR) is 78.3 cm³/mol. The molecule has 0 aromatic heterocycles. The second kappa shape index (κ2) is 5.45. The molecule has 1 aromatic rings. The van der Waals surface area contributed by atoms with E-state index in [0.717, 1.165) is 31.5 Å². The van der Waals surface area contributed by atoms with E-state index in [-0.39, 0.29) is 17.0 Å². The van der Waals surface area contributed by atoms with E-state index in [0.29, 0.717) is 6.42 Å². The lowest BCUT2D eigenvalue weighted by atomic mass is 9.81. The van der Waals surface area contributed by atoms with E-state index >= 15 is 0 Å². The van der Waals surface area contributed by atoms with Crippen molar-refractivity contribution in [2.24, 2.45) is 0 Å². The normalized spacial score (nSPS) is 29.5. The summed E-state index contributed by atoms with van der Waals surface area (Å²) in [4.78, 5) is 0. The van der Waals surface area contributed by atoms with E-state index in [4.69, 9.17) is 4.74 Å². The number of hydrogen-bond acceptors (Lipinski definition) is 2. The summed E-state index contributed by atoms with van der Waals surface area (Å²) < 4.78 is 20.4. The van der Waals surface area contributed by atoms with Crippen molar-refractivity contribution in [2.75, 3.05) is 13.1 Å².